The van der Waals surface area contributed by atoms with Gasteiger partial charge in [0.25, 0.3) is 11.8 Å². The van der Waals surface area contributed by atoms with Crippen LogP contribution < -0.4 is 21.3 Å². The highest BCUT2D eigenvalue weighted by atomic mass is 16.2. The van der Waals surface area contributed by atoms with E-state index in [9.17, 15) is 14.4 Å². The molecule has 1 aromatic heterocycles. The number of aromatic nitrogens is 1. The van der Waals surface area contributed by atoms with E-state index in [1.807, 2.05) is 25.1 Å². The molecule has 4 atom stereocenters. The summed E-state index contributed by atoms with van der Waals surface area (Å²) in [7, 11) is 0. The Hall–Kier alpha value is -3.42. The molecule has 3 saturated carbocycles. The first-order valence-corrected chi connectivity index (χ1v) is 15.1. The fourth-order valence-corrected chi connectivity index (χ4v) is 6.96. The van der Waals surface area contributed by atoms with Crippen molar-refractivity contribution in [3.8, 4) is 0 Å². The van der Waals surface area contributed by atoms with Crippen molar-refractivity contribution in [2.45, 2.75) is 89.8 Å². The van der Waals surface area contributed by atoms with E-state index in [-0.39, 0.29) is 29.7 Å². The van der Waals surface area contributed by atoms with Gasteiger partial charge in [-0.05, 0) is 106 Å². The third-order valence-corrected chi connectivity index (χ3v) is 9.49. The number of anilines is 2. The summed E-state index contributed by atoms with van der Waals surface area (Å²) in [5.74, 6) is 1.85. The number of nitrogens with zero attached hydrogens (tertiary/aromatic N) is 2. The Morgan fingerprint density at radius 3 is 2.52 bits per heavy atom. The highest BCUT2D eigenvalue weighted by molar-refractivity contribution is 6.03. The molecule has 4 fully saturated rings. The second-order valence-electron chi connectivity index (χ2n) is 12.4. The largest absolute Gasteiger partial charge is 0.381 e. The summed E-state index contributed by atoms with van der Waals surface area (Å²) >= 11 is 0. The lowest BCUT2D eigenvalue weighted by Crippen LogP contribution is -2.43. The lowest BCUT2D eigenvalue weighted by atomic mass is 9.92. The van der Waals surface area contributed by atoms with E-state index in [0.717, 1.165) is 62.9 Å². The summed E-state index contributed by atoms with van der Waals surface area (Å²) in [5.41, 5.74) is 8.85. The summed E-state index contributed by atoms with van der Waals surface area (Å²) in [6, 6.07) is 8.15. The molecular formula is C32H41N5O3. The number of carbonyl (C=O) groups is 3. The third-order valence-electron chi connectivity index (χ3n) is 9.49. The number of carbonyl (C=O) groups excluding carboxylic acids is 3. The quantitative estimate of drug-likeness (QED) is 0.369. The number of amides is 2. The Balaban J connectivity index is 1.15. The van der Waals surface area contributed by atoms with Crippen LogP contribution in [0.1, 0.15) is 101 Å². The topological polar surface area (TPSA) is 117 Å². The van der Waals surface area contributed by atoms with Crippen molar-refractivity contribution in [2.75, 3.05) is 16.8 Å². The van der Waals surface area contributed by atoms with Gasteiger partial charge in [-0.15, -0.1) is 0 Å². The van der Waals surface area contributed by atoms with Crippen LogP contribution in [0, 0.1) is 24.7 Å². The molecular weight excluding hydrogens is 502 g/mol. The number of rotatable bonds is 10. The zero-order valence-electron chi connectivity index (χ0n) is 23.6. The van der Waals surface area contributed by atoms with Gasteiger partial charge in [0.15, 0.2) is 5.78 Å². The van der Waals surface area contributed by atoms with E-state index in [2.05, 4.69) is 22.5 Å². The molecule has 1 aromatic carbocycles. The maximum atomic E-state index is 13.6. The van der Waals surface area contributed by atoms with Crippen LogP contribution in [0.5, 0.6) is 0 Å². The molecule has 40 heavy (non-hydrogen) atoms. The number of piperidine rings is 1. The first kappa shape index (κ1) is 26.8. The van der Waals surface area contributed by atoms with Gasteiger partial charge < -0.3 is 21.3 Å². The number of fused-ring (bicyclic) bond motifs is 1. The van der Waals surface area contributed by atoms with E-state index in [0.29, 0.717) is 40.3 Å². The number of Topliss-reactive ketones (excluding diaryl/α,β-unsaturated/α-hetero) is 1. The molecule has 4 unspecified atom stereocenters. The second-order valence-corrected chi connectivity index (χ2v) is 12.4. The molecule has 1 saturated heterocycles. The molecule has 3 aliphatic carbocycles. The normalized spacial score (nSPS) is 24.8. The Bertz CT molecular complexity index is 1300. The minimum atomic E-state index is -0.485. The Morgan fingerprint density at radius 1 is 1.07 bits per heavy atom. The SMILES string of the molecule is CCC(Nc1cc(C(=O)NC2CC3CCCN(c4ccc(C(=O)C5CC5)cn4)C3C2)c(C)cc1C(N)=O)C1CC1. The van der Waals surface area contributed by atoms with Crippen molar-refractivity contribution in [1.29, 1.82) is 0 Å². The van der Waals surface area contributed by atoms with Gasteiger partial charge in [0, 0.05) is 53.6 Å². The number of hydrogen-bond donors (Lipinski definition) is 3. The molecule has 0 bridgehead atoms. The van der Waals surface area contributed by atoms with Crippen molar-refractivity contribution < 1.29 is 14.4 Å². The molecule has 2 heterocycles. The minimum Gasteiger partial charge on any atom is -0.381 e. The summed E-state index contributed by atoms with van der Waals surface area (Å²) < 4.78 is 0. The smallest absolute Gasteiger partial charge is 0.251 e. The van der Waals surface area contributed by atoms with Crippen molar-refractivity contribution in [2.24, 2.45) is 23.5 Å². The number of primary amides is 1. The molecule has 212 valence electrons. The van der Waals surface area contributed by atoms with E-state index in [4.69, 9.17) is 10.7 Å². The van der Waals surface area contributed by atoms with Crippen LogP contribution in [0.3, 0.4) is 0 Å². The van der Waals surface area contributed by atoms with Crippen LogP contribution in [0.25, 0.3) is 0 Å². The predicted molar refractivity (Wildman–Crippen MR) is 156 cm³/mol. The predicted octanol–water partition coefficient (Wildman–Crippen LogP) is 4.86. The first-order valence-electron chi connectivity index (χ1n) is 15.1. The van der Waals surface area contributed by atoms with Gasteiger partial charge in [-0.25, -0.2) is 4.98 Å². The van der Waals surface area contributed by atoms with Crippen LogP contribution in [0.4, 0.5) is 11.5 Å². The highest BCUT2D eigenvalue weighted by Gasteiger charge is 2.41. The van der Waals surface area contributed by atoms with Gasteiger partial charge in [-0.1, -0.05) is 6.92 Å². The number of ketones is 1. The van der Waals surface area contributed by atoms with Gasteiger partial charge >= 0.3 is 0 Å². The standard InChI is InChI=1S/C32H41N5O3/c1-3-26(19-6-7-19)36-27-16-24(18(2)13-25(27)31(33)39)32(40)35-23-14-21-5-4-12-37(28(21)15-23)29-11-10-22(17-34-29)30(38)20-8-9-20/h10-11,13,16-17,19-21,23,26,28,36H,3-9,12,14-15H2,1-2H3,(H2,33,39)(H,35,40). The van der Waals surface area contributed by atoms with Gasteiger partial charge in [0.2, 0.25) is 0 Å². The van der Waals surface area contributed by atoms with E-state index < -0.39 is 5.91 Å². The summed E-state index contributed by atoms with van der Waals surface area (Å²) in [5, 5.41) is 6.84. The highest BCUT2D eigenvalue weighted by Crippen LogP contribution is 2.40. The second kappa shape index (κ2) is 10.9. The van der Waals surface area contributed by atoms with Crippen LogP contribution in [-0.4, -0.2) is 47.3 Å². The molecule has 2 aromatic rings. The molecule has 1 aliphatic heterocycles. The van der Waals surface area contributed by atoms with Gasteiger partial charge in [0.1, 0.15) is 5.82 Å². The van der Waals surface area contributed by atoms with E-state index in [1.54, 1.807) is 12.3 Å². The number of nitrogens with one attached hydrogen (secondary N) is 2. The summed E-state index contributed by atoms with van der Waals surface area (Å²) in [6.45, 7) is 4.94. The van der Waals surface area contributed by atoms with Crippen molar-refractivity contribution in [1.82, 2.24) is 10.3 Å². The molecule has 6 rings (SSSR count). The molecule has 8 heteroatoms. The average molecular weight is 544 g/mol. The fraction of sp³-hybridized carbons (Fsp3) is 0.562. The molecule has 4 aliphatic rings. The summed E-state index contributed by atoms with van der Waals surface area (Å²) in [4.78, 5) is 45.3. The zero-order chi connectivity index (χ0) is 28.0. The molecule has 4 N–H and O–H groups in total. The number of benzene rings is 1. The number of pyridine rings is 1. The van der Waals surface area contributed by atoms with Crippen LogP contribution in [0.2, 0.25) is 0 Å². The number of nitrogens with two attached hydrogens (primary N) is 1. The molecule has 2 amide bonds. The van der Waals surface area contributed by atoms with E-state index >= 15 is 0 Å². The van der Waals surface area contributed by atoms with Crippen molar-refractivity contribution >= 4 is 29.1 Å². The van der Waals surface area contributed by atoms with Crippen molar-refractivity contribution in [3.63, 3.8) is 0 Å². The Morgan fingerprint density at radius 2 is 1.88 bits per heavy atom. The molecule has 0 radical (unpaired) electrons. The summed E-state index contributed by atoms with van der Waals surface area (Å²) in [6.07, 6.45) is 11.1. The minimum absolute atomic E-state index is 0.0697. The maximum Gasteiger partial charge on any atom is 0.251 e. The Labute approximate surface area is 236 Å². The average Bonchev–Trinajstić information content (AvgIpc) is 3.88. The lowest BCUT2D eigenvalue weighted by molar-refractivity contribution is 0.0933. The van der Waals surface area contributed by atoms with Gasteiger partial charge in [0.05, 0.1) is 5.56 Å². The van der Waals surface area contributed by atoms with Crippen LogP contribution in [-0.2, 0) is 0 Å². The monoisotopic (exact) mass is 543 g/mol. The van der Waals surface area contributed by atoms with Crippen molar-refractivity contribution in [3.05, 3.63) is 52.7 Å². The number of hydrogen-bond acceptors (Lipinski definition) is 6. The van der Waals surface area contributed by atoms with Gasteiger partial charge in [-0.2, -0.15) is 0 Å². The number of aryl methyl sites for hydroxylation is 1. The zero-order valence-corrected chi connectivity index (χ0v) is 23.6. The van der Waals surface area contributed by atoms with Gasteiger partial charge in [-0.3, -0.25) is 14.4 Å². The van der Waals surface area contributed by atoms with E-state index in [1.165, 1.54) is 12.8 Å². The first-order chi connectivity index (χ1) is 19.3. The lowest BCUT2D eigenvalue weighted by Gasteiger charge is -2.38. The van der Waals surface area contributed by atoms with Crippen LogP contribution >= 0.6 is 0 Å². The molecule has 0 spiro atoms. The Kier molecular flexibility index (Phi) is 7.27. The fourth-order valence-electron chi connectivity index (χ4n) is 6.96. The third kappa shape index (κ3) is 5.45. The maximum absolute atomic E-state index is 13.6. The molecule has 8 nitrogen and oxygen atoms in total. The van der Waals surface area contributed by atoms with Crippen LogP contribution in [0.15, 0.2) is 30.5 Å².